The average Bonchev–Trinajstić information content (AvgIpc) is 3.33. The molecule has 1 aromatic rings. The number of hydrogen-bond acceptors (Lipinski definition) is 17. The van der Waals surface area contributed by atoms with Gasteiger partial charge in [0, 0.05) is 58.3 Å². The van der Waals surface area contributed by atoms with Crippen LogP contribution >= 0.6 is 12.2 Å². The van der Waals surface area contributed by atoms with Crippen molar-refractivity contribution >= 4 is 29.3 Å². The molecule has 0 aromatic heterocycles. The molecule has 1 aromatic carbocycles. The summed E-state index contributed by atoms with van der Waals surface area (Å²) in [5.74, 6) is -2.63. The number of aliphatic hydroxyl groups excluding tert-OH is 3. The van der Waals surface area contributed by atoms with Crippen LogP contribution in [0.3, 0.4) is 0 Å². The molecule has 0 bridgehead atoms. The summed E-state index contributed by atoms with van der Waals surface area (Å²) in [6.45, 7) is 24.1. The Labute approximate surface area is 441 Å². The van der Waals surface area contributed by atoms with Gasteiger partial charge in [-0.05, 0) is 131 Å². The van der Waals surface area contributed by atoms with E-state index >= 15 is 0 Å². The molecule has 73 heavy (non-hydrogen) atoms. The molecule has 18 nitrogen and oxygen atoms in total. The molecule has 418 valence electrons. The number of aliphatic hydroxyl groups is 5. The van der Waals surface area contributed by atoms with Crippen LogP contribution in [-0.2, 0) is 49.2 Å². The van der Waals surface area contributed by atoms with Crippen molar-refractivity contribution in [3.8, 4) is 0 Å². The Morgan fingerprint density at radius 1 is 0.973 bits per heavy atom. The lowest BCUT2D eigenvalue weighted by Gasteiger charge is -2.47. The lowest BCUT2D eigenvalue weighted by molar-refractivity contribution is -0.297. The number of rotatable bonds is 18. The molecule has 17 atom stereocenters. The quantitative estimate of drug-likeness (QED) is 0.0696. The highest BCUT2D eigenvalue weighted by Gasteiger charge is 2.52. The van der Waals surface area contributed by atoms with Crippen molar-refractivity contribution in [1.29, 1.82) is 0 Å². The first kappa shape index (κ1) is 62.6. The Balaban J connectivity index is 1.75. The van der Waals surface area contributed by atoms with Gasteiger partial charge in [0.05, 0.1) is 48.5 Å². The summed E-state index contributed by atoms with van der Waals surface area (Å²) in [7, 11) is 5.21. The zero-order valence-corrected chi connectivity index (χ0v) is 46.8. The van der Waals surface area contributed by atoms with Crippen molar-refractivity contribution in [3.05, 3.63) is 48.0 Å². The summed E-state index contributed by atoms with van der Waals surface area (Å²) in [6.07, 6.45) is -8.61. The number of esters is 2. The van der Waals surface area contributed by atoms with Crippen LogP contribution in [0.4, 0.5) is 0 Å². The second-order valence-electron chi connectivity index (χ2n) is 21.7. The fourth-order valence-corrected chi connectivity index (χ4v) is 11.1. The third-order valence-electron chi connectivity index (χ3n) is 15.2. The summed E-state index contributed by atoms with van der Waals surface area (Å²) in [5.41, 5.74) is -3.54. The standard InChI is InChI=1S/C54H92N4O14S/c1-15-41-54(11,65)46(61)37(7)58(27-20-26-57(28-24-42(59)67-16-2)51(73)55-25-23-39-21-18-17-19-22-39)32-33(3)30-52(9,64)48(72-50-44(60)40(56(12)13)29-34(4)68-50)35(5)45(36(6)49(63)70-41)71-43-31-53(10,66-14)47(62)38(8)69-43/h17-19,21-22,33-34,36-38,40-41,43-48,50,60-62,64-65H,5,15-16,20,23-32H2,1-4,6-14H3,(H,55,73)/t33-,34-,36-,37-,38+,40+,41-,43+,44-,45+,46-,47+,48-,50+,52-,53-,54-/m1/s1. The van der Waals surface area contributed by atoms with Gasteiger partial charge in [-0.3, -0.25) is 14.5 Å². The average molecular weight is 1050 g/mol. The molecule has 0 amide bonds. The van der Waals surface area contributed by atoms with Crippen molar-refractivity contribution in [2.45, 2.75) is 204 Å². The van der Waals surface area contributed by atoms with E-state index in [0.717, 1.165) is 12.0 Å². The van der Waals surface area contributed by atoms with Crippen LogP contribution in [0, 0.1) is 11.8 Å². The zero-order valence-electron chi connectivity index (χ0n) is 46.0. The lowest BCUT2D eigenvalue weighted by atomic mass is 9.80. The summed E-state index contributed by atoms with van der Waals surface area (Å²) in [4.78, 5) is 33.1. The monoisotopic (exact) mass is 1050 g/mol. The third-order valence-corrected chi connectivity index (χ3v) is 15.6. The van der Waals surface area contributed by atoms with Crippen LogP contribution in [-0.4, -0.2) is 208 Å². The van der Waals surface area contributed by atoms with E-state index in [9.17, 15) is 35.1 Å². The van der Waals surface area contributed by atoms with Crippen molar-refractivity contribution in [3.63, 3.8) is 0 Å². The van der Waals surface area contributed by atoms with Gasteiger partial charge >= 0.3 is 11.9 Å². The highest BCUT2D eigenvalue weighted by molar-refractivity contribution is 7.80. The maximum absolute atomic E-state index is 14.6. The minimum Gasteiger partial charge on any atom is -0.466 e. The van der Waals surface area contributed by atoms with Crippen molar-refractivity contribution in [2.75, 3.05) is 60.5 Å². The molecule has 3 fully saturated rings. The minimum atomic E-state index is -1.96. The van der Waals surface area contributed by atoms with E-state index in [0.29, 0.717) is 50.7 Å². The van der Waals surface area contributed by atoms with Crippen molar-refractivity contribution in [1.82, 2.24) is 20.0 Å². The summed E-state index contributed by atoms with van der Waals surface area (Å²) in [5, 5.41) is 64.3. The van der Waals surface area contributed by atoms with Crippen molar-refractivity contribution < 1.29 is 68.3 Å². The molecular weight excluding hydrogens is 961 g/mol. The van der Waals surface area contributed by atoms with E-state index in [4.69, 9.17) is 45.4 Å². The molecule has 0 saturated carbocycles. The maximum atomic E-state index is 14.6. The van der Waals surface area contributed by atoms with Crippen LogP contribution in [0.15, 0.2) is 42.5 Å². The number of carbonyl (C=O) groups is 2. The maximum Gasteiger partial charge on any atom is 0.312 e. The number of carbonyl (C=O) groups excluding carboxylic acids is 2. The zero-order chi connectivity index (χ0) is 54.6. The number of likely N-dealkylation sites (N-methyl/N-ethyl adjacent to an activating group) is 1. The number of cyclic esters (lactones) is 1. The van der Waals surface area contributed by atoms with E-state index < -0.39 is 90.0 Å². The van der Waals surface area contributed by atoms with E-state index in [1.165, 1.54) is 14.0 Å². The number of nitrogens with one attached hydrogen (secondary N) is 1. The van der Waals surface area contributed by atoms with Gasteiger partial charge in [-0.15, -0.1) is 0 Å². The smallest absolute Gasteiger partial charge is 0.312 e. The second kappa shape index (κ2) is 27.9. The van der Waals surface area contributed by atoms with E-state index in [1.54, 1.807) is 41.5 Å². The topological polar surface area (TPSA) is 222 Å². The van der Waals surface area contributed by atoms with E-state index in [2.05, 4.69) is 24.0 Å². The summed E-state index contributed by atoms with van der Waals surface area (Å²) >= 11 is 5.89. The van der Waals surface area contributed by atoms with E-state index in [1.807, 2.05) is 67.8 Å². The highest BCUT2D eigenvalue weighted by Crippen LogP contribution is 2.40. The van der Waals surface area contributed by atoms with Gasteiger partial charge in [-0.25, -0.2) is 0 Å². The first-order valence-electron chi connectivity index (χ1n) is 26.4. The molecule has 3 saturated heterocycles. The van der Waals surface area contributed by atoms with Crippen LogP contribution in [0.5, 0.6) is 0 Å². The first-order chi connectivity index (χ1) is 34.2. The minimum absolute atomic E-state index is 0.0535. The Hall–Kier alpha value is -2.89. The molecular formula is C54H92N4O14S. The number of ether oxygens (including phenoxy) is 7. The number of nitrogens with zero attached hydrogens (tertiary/aromatic N) is 3. The van der Waals surface area contributed by atoms with Crippen LogP contribution in [0.1, 0.15) is 113 Å². The molecule has 3 aliphatic heterocycles. The molecule has 3 aliphatic rings. The van der Waals surface area contributed by atoms with Gasteiger partial charge in [0.25, 0.3) is 0 Å². The fraction of sp³-hybridized carbons (Fsp3) is 0.796. The van der Waals surface area contributed by atoms with Gasteiger partial charge < -0.3 is 73.8 Å². The largest absolute Gasteiger partial charge is 0.466 e. The van der Waals surface area contributed by atoms with E-state index in [-0.39, 0.29) is 61.9 Å². The normalized spacial score (nSPS) is 37.5. The summed E-state index contributed by atoms with van der Waals surface area (Å²) < 4.78 is 43.2. The van der Waals surface area contributed by atoms with Gasteiger partial charge in [0.15, 0.2) is 17.7 Å². The summed E-state index contributed by atoms with van der Waals surface area (Å²) in [6, 6.07) is 8.98. The molecule has 4 rings (SSSR count). The Morgan fingerprint density at radius 2 is 1.64 bits per heavy atom. The predicted octanol–water partition coefficient (Wildman–Crippen LogP) is 3.95. The fourth-order valence-electron chi connectivity index (χ4n) is 10.8. The van der Waals surface area contributed by atoms with Gasteiger partial charge in [-0.2, -0.15) is 0 Å². The predicted molar refractivity (Wildman–Crippen MR) is 281 cm³/mol. The Kier molecular flexibility index (Phi) is 24.0. The molecule has 3 heterocycles. The second-order valence-corrected chi connectivity index (χ2v) is 22.1. The molecule has 0 aliphatic carbocycles. The highest BCUT2D eigenvalue weighted by atomic mass is 32.1. The molecule has 0 spiro atoms. The van der Waals surface area contributed by atoms with Gasteiger partial charge in [-0.1, -0.05) is 50.8 Å². The molecule has 6 N–H and O–H groups in total. The van der Waals surface area contributed by atoms with Crippen molar-refractivity contribution in [2.24, 2.45) is 11.8 Å². The van der Waals surface area contributed by atoms with Crippen LogP contribution in [0.2, 0.25) is 0 Å². The number of hydrogen-bond donors (Lipinski definition) is 6. The van der Waals surface area contributed by atoms with Crippen LogP contribution in [0.25, 0.3) is 0 Å². The van der Waals surface area contributed by atoms with Gasteiger partial charge in [0.2, 0.25) is 0 Å². The number of benzene rings is 1. The Bertz CT molecular complexity index is 1900. The Morgan fingerprint density at radius 3 is 2.26 bits per heavy atom. The van der Waals surface area contributed by atoms with Crippen LogP contribution < -0.4 is 5.32 Å². The SMILES string of the molecule is C=C1[C@@H](O[C@@H]2O[C@H](C)C[C@H](N(C)C)[C@H]2O)[C@](C)(O)C[C@@H](C)CN(CCCN(CCC(=O)OCC)C(=S)NCCc2ccccc2)[C@H](C)[C@@H](O)[C@](C)(O)[C@@H](CC)OC(=O)[C@H](C)[C@H]1O[C@H]1C[C@@](C)(OC)[C@@H](O)[C@H](C)O1. The molecule has 19 heteroatoms. The first-order valence-corrected chi connectivity index (χ1v) is 26.8. The number of methoxy groups -OCH3 is 1. The molecule has 0 radical (unpaired) electrons. The molecule has 0 unspecified atom stereocenters. The number of thiocarbonyl (C=S) groups is 1. The third kappa shape index (κ3) is 16.8. The van der Waals surface area contributed by atoms with Gasteiger partial charge in [0.1, 0.15) is 36.1 Å². The lowest BCUT2D eigenvalue weighted by Crippen LogP contribution is -2.60.